The van der Waals surface area contributed by atoms with Crippen LogP contribution in [0.5, 0.6) is 0 Å². The van der Waals surface area contributed by atoms with Gasteiger partial charge in [-0.15, -0.1) is 0 Å². The van der Waals surface area contributed by atoms with Gasteiger partial charge < -0.3 is 9.63 Å². The van der Waals surface area contributed by atoms with Crippen molar-refractivity contribution in [3.63, 3.8) is 0 Å². The first-order chi connectivity index (χ1) is 9.63. The van der Waals surface area contributed by atoms with Gasteiger partial charge in [0.15, 0.2) is 0 Å². The highest BCUT2D eigenvalue weighted by Crippen LogP contribution is 2.20. The summed E-state index contributed by atoms with van der Waals surface area (Å²) in [5.41, 5.74) is 2.87. The number of aromatic carboxylic acids is 1. The van der Waals surface area contributed by atoms with E-state index < -0.39 is 5.97 Å². The standard InChI is InChI=1S/C13H10N4O3/c1-8-7-14-17(15-8)10-4-2-9(3-5-10)11-6-12(13(18)19)20-16-11/h2-7H,1H3,(H,18,19). The summed E-state index contributed by atoms with van der Waals surface area (Å²) in [5, 5.41) is 20.8. The average Bonchev–Trinajstić information content (AvgIpc) is 3.08. The van der Waals surface area contributed by atoms with Gasteiger partial charge in [0.25, 0.3) is 0 Å². The largest absolute Gasteiger partial charge is 0.475 e. The molecular formula is C13H10N4O3. The minimum atomic E-state index is -1.14. The maximum atomic E-state index is 10.7. The predicted octanol–water partition coefficient (Wildman–Crippen LogP) is 1.93. The molecule has 0 bridgehead atoms. The Kier molecular flexibility index (Phi) is 2.79. The minimum Gasteiger partial charge on any atom is -0.475 e. The SMILES string of the molecule is Cc1cnn(-c2ccc(-c3cc(C(=O)O)on3)cc2)n1. The molecule has 0 atom stereocenters. The fourth-order valence-electron chi connectivity index (χ4n) is 1.74. The minimum absolute atomic E-state index is 0.187. The highest BCUT2D eigenvalue weighted by Gasteiger charge is 2.12. The van der Waals surface area contributed by atoms with Gasteiger partial charge in [0.05, 0.1) is 17.6 Å². The average molecular weight is 270 g/mol. The molecule has 1 N–H and O–H groups in total. The van der Waals surface area contributed by atoms with Crippen LogP contribution < -0.4 is 0 Å². The monoisotopic (exact) mass is 270 g/mol. The molecule has 7 heteroatoms. The van der Waals surface area contributed by atoms with Gasteiger partial charge in [0.2, 0.25) is 5.76 Å². The second-order valence-electron chi connectivity index (χ2n) is 4.20. The number of hydrogen-bond acceptors (Lipinski definition) is 5. The van der Waals surface area contributed by atoms with Crippen LogP contribution in [0.1, 0.15) is 16.2 Å². The first-order valence-corrected chi connectivity index (χ1v) is 5.83. The van der Waals surface area contributed by atoms with E-state index in [4.69, 9.17) is 9.63 Å². The van der Waals surface area contributed by atoms with Crippen LogP contribution in [-0.2, 0) is 0 Å². The number of nitrogens with zero attached hydrogens (tertiary/aromatic N) is 4. The van der Waals surface area contributed by atoms with E-state index in [-0.39, 0.29) is 5.76 Å². The summed E-state index contributed by atoms with van der Waals surface area (Å²) in [6, 6.07) is 8.64. The van der Waals surface area contributed by atoms with Crippen molar-refractivity contribution in [2.24, 2.45) is 0 Å². The summed E-state index contributed by atoms with van der Waals surface area (Å²) < 4.78 is 4.72. The molecule has 2 heterocycles. The fraction of sp³-hybridized carbons (Fsp3) is 0.0769. The molecule has 2 aromatic heterocycles. The molecule has 0 aliphatic rings. The van der Waals surface area contributed by atoms with E-state index in [9.17, 15) is 4.79 Å². The molecule has 0 spiro atoms. The van der Waals surface area contributed by atoms with Gasteiger partial charge in [-0.1, -0.05) is 17.3 Å². The molecule has 0 radical (unpaired) electrons. The Hall–Kier alpha value is -2.96. The van der Waals surface area contributed by atoms with Crippen molar-refractivity contribution in [1.29, 1.82) is 0 Å². The van der Waals surface area contributed by atoms with Crippen LogP contribution in [0.3, 0.4) is 0 Å². The van der Waals surface area contributed by atoms with Crippen molar-refractivity contribution in [1.82, 2.24) is 20.2 Å². The maximum Gasteiger partial charge on any atom is 0.374 e. The highest BCUT2D eigenvalue weighted by molar-refractivity contribution is 5.85. The summed E-state index contributed by atoms with van der Waals surface area (Å²) in [7, 11) is 0. The van der Waals surface area contributed by atoms with Crippen LogP contribution in [-0.4, -0.2) is 31.2 Å². The van der Waals surface area contributed by atoms with E-state index >= 15 is 0 Å². The van der Waals surface area contributed by atoms with Crippen LogP contribution in [0, 0.1) is 6.92 Å². The summed E-state index contributed by atoms with van der Waals surface area (Å²) in [5.74, 6) is -1.33. The second kappa shape index (κ2) is 4.61. The quantitative estimate of drug-likeness (QED) is 0.781. The molecule has 0 aliphatic heterocycles. The van der Waals surface area contributed by atoms with Gasteiger partial charge >= 0.3 is 5.97 Å². The van der Waals surface area contributed by atoms with Gasteiger partial charge in [-0.25, -0.2) is 4.79 Å². The van der Waals surface area contributed by atoms with Crippen molar-refractivity contribution in [3.8, 4) is 16.9 Å². The molecular weight excluding hydrogens is 260 g/mol. The number of carboxylic acid groups (broad SMARTS) is 1. The Bertz CT molecular complexity index is 758. The lowest BCUT2D eigenvalue weighted by Crippen LogP contribution is -1.98. The number of aryl methyl sites for hydroxylation is 1. The van der Waals surface area contributed by atoms with E-state index in [2.05, 4.69) is 15.4 Å². The first kappa shape index (κ1) is 12.1. The number of hydrogen-bond donors (Lipinski definition) is 1. The van der Waals surface area contributed by atoms with Gasteiger partial charge in [0.1, 0.15) is 5.69 Å². The third kappa shape index (κ3) is 2.16. The number of carbonyl (C=O) groups is 1. The van der Waals surface area contributed by atoms with E-state index in [1.165, 1.54) is 10.9 Å². The van der Waals surface area contributed by atoms with E-state index in [0.717, 1.165) is 16.9 Å². The van der Waals surface area contributed by atoms with Crippen molar-refractivity contribution in [3.05, 3.63) is 48.0 Å². The van der Waals surface area contributed by atoms with E-state index in [1.54, 1.807) is 18.3 Å². The van der Waals surface area contributed by atoms with E-state index in [1.807, 2.05) is 19.1 Å². The van der Waals surface area contributed by atoms with Crippen LogP contribution in [0.15, 0.2) is 41.1 Å². The molecule has 3 rings (SSSR count). The predicted molar refractivity (Wildman–Crippen MR) is 68.6 cm³/mol. The lowest BCUT2D eigenvalue weighted by Gasteiger charge is -2.00. The topological polar surface area (TPSA) is 94.0 Å². The van der Waals surface area contributed by atoms with Gasteiger partial charge in [0, 0.05) is 11.6 Å². The van der Waals surface area contributed by atoms with Crippen LogP contribution in [0.25, 0.3) is 16.9 Å². The normalized spacial score (nSPS) is 10.7. The third-order valence-corrected chi connectivity index (χ3v) is 2.72. The smallest absolute Gasteiger partial charge is 0.374 e. The molecule has 7 nitrogen and oxygen atoms in total. The summed E-state index contributed by atoms with van der Waals surface area (Å²) in [6.07, 6.45) is 1.67. The molecule has 100 valence electrons. The Balaban J connectivity index is 1.90. The Morgan fingerprint density at radius 1 is 1.30 bits per heavy atom. The third-order valence-electron chi connectivity index (χ3n) is 2.72. The zero-order chi connectivity index (χ0) is 14.1. The molecule has 20 heavy (non-hydrogen) atoms. The van der Waals surface area contributed by atoms with E-state index in [0.29, 0.717) is 5.69 Å². The van der Waals surface area contributed by atoms with Crippen molar-refractivity contribution < 1.29 is 14.4 Å². The van der Waals surface area contributed by atoms with Crippen molar-refractivity contribution in [2.45, 2.75) is 6.92 Å². The molecule has 0 unspecified atom stereocenters. The number of carboxylic acids is 1. The molecule has 3 aromatic rings. The zero-order valence-corrected chi connectivity index (χ0v) is 10.5. The van der Waals surface area contributed by atoms with Gasteiger partial charge in [-0.05, 0) is 19.1 Å². The number of benzene rings is 1. The zero-order valence-electron chi connectivity index (χ0n) is 10.5. The number of aromatic nitrogens is 4. The van der Waals surface area contributed by atoms with Crippen molar-refractivity contribution in [2.75, 3.05) is 0 Å². The molecule has 0 saturated carbocycles. The summed E-state index contributed by atoms with van der Waals surface area (Å²) in [6.45, 7) is 1.86. The summed E-state index contributed by atoms with van der Waals surface area (Å²) >= 11 is 0. The fourth-order valence-corrected chi connectivity index (χ4v) is 1.74. The van der Waals surface area contributed by atoms with Crippen LogP contribution >= 0.6 is 0 Å². The Labute approximate surface area is 113 Å². The summed E-state index contributed by atoms with van der Waals surface area (Å²) in [4.78, 5) is 12.3. The van der Waals surface area contributed by atoms with Gasteiger partial charge in [-0.3, -0.25) is 0 Å². The van der Waals surface area contributed by atoms with Gasteiger partial charge in [-0.2, -0.15) is 15.0 Å². The lowest BCUT2D eigenvalue weighted by atomic mass is 10.1. The molecule has 0 aliphatic carbocycles. The number of rotatable bonds is 3. The van der Waals surface area contributed by atoms with Crippen LogP contribution in [0.4, 0.5) is 0 Å². The Morgan fingerprint density at radius 2 is 2.05 bits per heavy atom. The second-order valence-corrected chi connectivity index (χ2v) is 4.20. The maximum absolute atomic E-state index is 10.7. The molecule has 0 amide bonds. The first-order valence-electron chi connectivity index (χ1n) is 5.83. The molecule has 0 fully saturated rings. The highest BCUT2D eigenvalue weighted by atomic mass is 16.5. The molecule has 1 aromatic carbocycles. The lowest BCUT2D eigenvalue weighted by molar-refractivity contribution is 0.0652. The Morgan fingerprint density at radius 3 is 2.60 bits per heavy atom. The van der Waals surface area contributed by atoms with Crippen molar-refractivity contribution >= 4 is 5.97 Å². The molecule has 0 saturated heterocycles. The van der Waals surface area contributed by atoms with Crippen LogP contribution in [0.2, 0.25) is 0 Å².